The Labute approximate surface area is 116 Å². The minimum atomic E-state index is -0.630. The third kappa shape index (κ3) is 3.20. The Morgan fingerprint density at radius 1 is 1.35 bits per heavy atom. The van der Waals surface area contributed by atoms with Crippen LogP contribution in [0.4, 0.5) is 8.78 Å². The van der Waals surface area contributed by atoms with Crippen molar-refractivity contribution in [3.63, 3.8) is 0 Å². The van der Waals surface area contributed by atoms with Crippen molar-refractivity contribution in [3.8, 4) is 5.69 Å². The van der Waals surface area contributed by atoms with E-state index in [2.05, 4.69) is 10.4 Å². The number of halogens is 2. The summed E-state index contributed by atoms with van der Waals surface area (Å²) in [6.45, 7) is 3.83. The van der Waals surface area contributed by atoms with Crippen LogP contribution in [-0.4, -0.2) is 30.0 Å². The SMILES string of the molecule is COCCNCc1cnn(-c2ccc(F)cc2F)c1C. The zero-order valence-electron chi connectivity index (χ0n) is 11.5. The lowest BCUT2D eigenvalue weighted by Gasteiger charge is -2.07. The largest absolute Gasteiger partial charge is 0.383 e. The third-order valence-corrected chi connectivity index (χ3v) is 3.05. The van der Waals surface area contributed by atoms with Gasteiger partial charge in [0.05, 0.1) is 12.8 Å². The van der Waals surface area contributed by atoms with Crippen LogP contribution in [0.15, 0.2) is 24.4 Å². The molecule has 0 fully saturated rings. The van der Waals surface area contributed by atoms with Crippen LogP contribution in [0.25, 0.3) is 5.69 Å². The van der Waals surface area contributed by atoms with Crippen molar-refractivity contribution < 1.29 is 13.5 Å². The van der Waals surface area contributed by atoms with E-state index in [0.29, 0.717) is 13.2 Å². The first-order chi connectivity index (χ1) is 9.63. The standard InChI is InChI=1S/C14H17F2N3O/c1-10-11(8-17-5-6-20-2)9-18-19(10)14-4-3-12(15)7-13(14)16/h3-4,7,9,17H,5-6,8H2,1-2H3. The van der Waals surface area contributed by atoms with Crippen molar-refractivity contribution in [2.24, 2.45) is 0 Å². The van der Waals surface area contributed by atoms with Crippen molar-refractivity contribution in [2.75, 3.05) is 20.3 Å². The van der Waals surface area contributed by atoms with Crippen molar-refractivity contribution in [1.29, 1.82) is 0 Å². The predicted octanol–water partition coefficient (Wildman–Crippen LogP) is 2.19. The molecule has 1 N–H and O–H groups in total. The minimum Gasteiger partial charge on any atom is -0.383 e. The maximum atomic E-state index is 13.7. The fourth-order valence-corrected chi connectivity index (χ4v) is 1.91. The van der Waals surface area contributed by atoms with E-state index in [0.717, 1.165) is 23.9 Å². The molecule has 0 aliphatic heterocycles. The number of hydrogen-bond donors (Lipinski definition) is 1. The molecule has 6 heteroatoms. The number of benzene rings is 1. The van der Waals surface area contributed by atoms with E-state index in [1.807, 2.05) is 6.92 Å². The molecule has 0 aliphatic carbocycles. The molecular formula is C14H17F2N3O. The molecule has 0 saturated carbocycles. The Bertz CT molecular complexity index is 584. The third-order valence-electron chi connectivity index (χ3n) is 3.05. The maximum absolute atomic E-state index is 13.7. The summed E-state index contributed by atoms with van der Waals surface area (Å²) in [6.07, 6.45) is 1.68. The summed E-state index contributed by atoms with van der Waals surface area (Å²) < 4.78 is 33.1. The van der Waals surface area contributed by atoms with Gasteiger partial charge in [0.1, 0.15) is 11.5 Å². The molecule has 1 aromatic heterocycles. The number of nitrogens with one attached hydrogen (secondary N) is 1. The van der Waals surface area contributed by atoms with E-state index >= 15 is 0 Å². The topological polar surface area (TPSA) is 39.1 Å². The van der Waals surface area contributed by atoms with Gasteiger partial charge in [0.15, 0.2) is 5.82 Å². The van der Waals surface area contributed by atoms with Crippen molar-refractivity contribution in [2.45, 2.75) is 13.5 Å². The summed E-state index contributed by atoms with van der Waals surface area (Å²) in [4.78, 5) is 0. The van der Waals surface area contributed by atoms with E-state index in [9.17, 15) is 8.78 Å². The molecule has 2 rings (SSSR count). The maximum Gasteiger partial charge on any atom is 0.151 e. The summed E-state index contributed by atoms with van der Waals surface area (Å²) in [7, 11) is 1.64. The van der Waals surface area contributed by atoms with Gasteiger partial charge < -0.3 is 10.1 Å². The smallest absolute Gasteiger partial charge is 0.151 e. The zero-order valence-corrected chi connectivity index (χ0v) is 11.5. The number of nitrogens with zero attached hydrogens (tertiary/aromatic N) is 2. The van der Waals surface area contributed by atoms with E-state index in [-0.39, 0.29) is 5.69 Å². The van der Waals surface area contributed by atoms with Gasteiger partial charge in [0.25, 0.3) is 0 Å². The lowest BCUT2D eigenvalue weighted by atomic mass is 10.2. The Morgan fingerprint density at radius 3 is 2.85 bits per heavy atom. The molecule has 0 spiro atoms. The van der Waals surface area contributed by atoms with Crippen LogP contribution >= 0.6 is 0 Å². The molecule has 0 bridgehead atoms. The zero-order chi connectivity index (χ0) is 14.5. The molecule has 1 heterocycles. The van der Waals surface area contributed by atoms with Crippen LogP contribution in [0.3, 0.4) is 0 Å². The molecule has 0 radical (unpaired) electrons. The number of hydrogen-bond acceptors (Lipinski definition) is 3. The molecule has 20 heavy (non-hydrogen) atoms. The highest BCUT2D eigenvalue weighted by atomic mass is 19.1. The minimum absolute atomic E-state index is 0.243. The second kappa shape index (κ2) is 6.58. The monoisotopic (exact) mass is 281 g/mol. The van der Waals surface area contributed by atoms with Gasteiger partial charge in [-0.15, -0.1) is 0 Å². The van der Waals surface area contributed by atoms with Crippen LogP contribution in [0.1, 0.15) is 11.3 Å². The van der Waals surface area contributed by atoms with Gasteiger partial charge in [-0.1, -0.05) is 0 Å². The second-order valence-electron chi connectivity index (χ2n) is 4.43. The molecular weight excluding hydrogens is 264 g/mol. The Kier molecular flexibility index (Phi) is 4.81. The molecule has 2 aromatic rings. The van der Waals surface area contributed by atoms with E-state index in [1.54, 1.807) is 13.3 Å². The van der Waals surface area contributed by atoms with E-state index in [4.69, 9.17) is 4.74 Å². The molecule has 0 atom stereocenters. The molecule has 108 valence electrons. The number of aromatic nitrogens is 2. The van der Waals surface area contributed by atoms with Gasteiger partial charge in [-0.2, -0.15) is 5.10 Å². The van der Waals surface area contributed by atoms with Crippen molar-refractivity contribution >= 4 is 0 Å². The lowest BCUT2D eigenvalue weighted by Crippen LogP contribution is -2.18. The highest BCUT2D eigenvalue weighted by molar-refractivity contribution is 5.36. The van der Waals surface area contributed by atoms with E-state index in [1.165, 1.54) is 16.8 Å². The molecule has 4 nitrogen and oxygen atoms in total. The summed E-state index contributed by atoms with van der Waals surface area (Å²) >= 11 is 0. The van der Waals surface area contributed by atoms with Gasteiger partial charge in [0, 0.05) is 37.5 Å². The van der Waals surface area contributed by atoms with Crippen LogP contribution in [0, 0.1) is 18.6 Å². The predicted molar refractivity (Wildman–Crippen MR) is 71.8 cm³/mol. The Morgan fingerprint density at radius 2 is 2.15 bits per heavy atom. The van der Waals surface area contributed by atoms with Crippen LogP contribution in [0.2, 0.25) is 0 Å². The molecule has 1 aromatic carbocycles. The normalized spacial score (nSPS) is 11.0. The van der Waals surface area contributed by atoms with Crippen molar-refractivity contribution in [1.82, 2.24) is 15.1 Å². The average molecular weight is 281 g/mol. The number of methoxy groups -OCH3 is 1. The Hall–Kier alpha value is -1.79. The van der Waals surface area contributed by atoms with Crippen molar-refractivity contribution in [3.05, 3.63) is 47.3 Å². The first-order valence-corrected chi connectivity index (χ1v) is 6.32. The first kappa shape index (κ1) is 14.6. The number of rotatable bonds is 6. The van der Waals surface area contributed by atoms with Gasteiger partial charge in [-0.3, -0.25) is 0 Å². The molecule has 0 saturated heterocycles. The average Bonchev–Trinajstić information content (AvgIpc) is 2.77. The fraction of sp³-hybridized carbons (Fsp3) is 0.357. The highest BCUT2D eigenvalue weighted by Crippen LogP contribution is 2.18. The lowest BCUT2D eigenvalue weighted by molar-refractivity contribution is 0.199. The summed E-state index contributed by atoms with van der Waals surface area (Å²) in [5.41, 5.74) is 2.03. The Balaban J connectivity index is 2.15. The molecule has 0 aliphatic rings. The first-order valence-electron chi connectivity index (χ1n) is 6.32. The van der Waals surface area contributed by atoms with Crippen LogP contribution in [-0.2, 0) is 11.3 Å². The van der Waals surface area contributed by atoms with Gasteiger partial charge >= 0.3 is 0 Å². The van der Waals surface area contributed by atoms with E-state index < -0.39 is 11.6 Å². The quantitative estimate of drug-likeness (QED) is 0.825. The second-order valence-corrected chi connectivity index (χ2v) is 4.43. The molecule has 0 amide bonds. The fourth-order valence-electron chi connectivity index (χ4n) is 1.91. The van der Waals surface area contributed by atoms with Gasteiger partial charge in [-0.05, 0) is 19.1 Å². The summed E-state index contributed by atoms with van der Waals surface area (Å²) in [6, 6.07) is 3.45. The highest BCUT2D eigenvalue weighted by Gasteiger charge is 2.12. The van der Waals surface area contributed by atoms with Gasteiger partial charge in [0.2, 0.25) is 0 Å². The summed E-state index contributed by atoms with van der Waals surface area (Å²) in [5, 5.41) is 7.36. The van der Waals surface area contributed by atoms with Crippen LogP contribution < -0.4 is 5.32 Å². The van der Waals surface area contributed by atoms with Crippen LogP contribution in [0.5, 0.6) is 0 Å². The number of ether oxygens (including phenoxy) is 1. The van der Waals surface area contributed by atoms with Gasteiger partial charge in [-0.25, -0.2) is 13.5 Å². The summed E-state index contributed by atoms with van der Waals surface area (Å²) in [5.74, 6) is -1.23. The molecule has 0 unspecified atom stereocenters.